The fourth-order valence-corrected chi connectivity index (χ4v) is 1.96. The average molecular weight is 208 g/mol. The summed E-state index contributed by atoms with van der Waals surface area (Å²) in [5, 5.41) is 21.9. The predicted molar refractivity (Wildman–Crippen MR) is 57.7 cm³/mol. The number of aromatic hydroxyl groups is 2. The summed E-state index contributed by atoms with van der Waals surface area (Å²) in [7, 11) is 0. The third-order valence-corrected chi connectivity index (χ3v) is 2.85. The van der Waals surface area contributed by atoms with E-state index < -0.39 is 0 Å². The highest BCUT2D eigenvalue weighted by atomic mass is 16.3. The molecule has 5 N–H and O–H groups in total. The number of rotatable bonds is 1. The summed E-state index contributed by atoms with van der Waals surface area (Å²) >= 11 is 0. The lowest BCUT2D eigenvalue weighted by Gasteiger charge is -2.28. The first kappa shape index (κ1) is 10.3. The first-order chi connectivity index (χ1) is 7.16. The van der Waals surface area contributed by atoms with E-state index in [-0.39, 0.29) is 23.6 Å². The van der Waals surface area contributed by atoms with Gasteiger partial charge < -0.3 is 21.3 Å². The highest BCUT2D eigenvalue weighted by Crippen LogP contribution is 2.30. The summed E-state index contributed by atoms with van der Waals surface area (Å²) in [6.07, 6.45) is 1.85. The summed E-state index contributed by atoms with van der Waals surface area (Å²) in [4.78, 5) is 0. The first-order valence-electron chi connectivity index (χ1n) is 5.17. The van der Waals surface area contributed by atoms with Crippen molar-refractivity contribution in [2.75, 3.05) is 6.54 Å². The first-order valence-corrected chi connectivity index (χ1v) is 5.17. The molecule has 0 bridgehead atoms. The number of phenolic OH excluding ortho intramolecular Hbond substituents is 2. The Kier molecular flexibility index (Phi) is 2.79. The number of hydrogen-bond acceptors (Lipinski definition) is 4. The molecule has 4 heteroatoms. The fourth-order valence-electron chi connectivity index (χ4n) is 1.96. The number of nitrogens with two attached hydrogens (primary N) is 1. The van der Waals surface area contributed by atoms with E-state index in [0.717, 1.165) is 24.9 Å². The zero-order valence-electron chi connectivity index (χ0n) is 8.48. The monoisotopic (exact) mass is 208 g/mol. The lowest BCUT2D eigenvalue weighted by atomic mass is 9.94. The van der Waals surface area contributed by atoms with Gasteiger partial charge in [0, 0.05) is 12.1 Å². The Morgan fingerprint density at radius 3 is 2.73 bits per heavy atom. The third kappa shape index (κ3) is 2.22. The molecule has 2 unspecified atom stereocenters. The molecular formula is C11H16N2O2. The van der Waals surface area contributed by atoms with E-state index in [0.29, 0.717) is 0 Å². The maximum atomic E-state index is 9.39. The van der Waals surface area contributed by atoms with Crippen LogP contribution >= 0.6 is 0 Å². The van der Waals surface area contributed by atoms with Gasteiger partial charge in [0.25, 0.3) is 0 Å². The Balaban J connectivity index is 2.18. The van der Waals surface area contributed by atoms with Crippen LogP contribution in [0.4, 0.5) is 0 Å². The van der Waals surface area contributed by atoms with Gasteiger partial charge in [-0.1, -0.05) is 6.07 Å². The minimum absolute atomic E-state index is 0.0755. The van der Waals surface area contributed by atoms with Crippen LogP contribution in [0.2, 0.25) is 0 Å². The van der Waals surface area contributed by atoms with E-state index in [1.807, 2.05) is 6.07 Å². The summed E-state index contributed by atoms with van der Waals surface area (Å²) < 4.78 is 0. The lowest BCUT2D eigenvalue weighted by molar-refractivity contribution is 0.365. The molecule has 2 atom stereocenters. The van der Waals surface area contributed by atoms with Crippen molar-refractivity contribution in [3.63, 3.8) is 0 Å². The van der Waals surface area contributed by atoms with Gasteiger partial charge in [-0.2, -0.15) is 0 Å². The maximum Gasteiger partial charge on any atom is 0.157 e. The van der Waals surface area contributed by atoms with Crippen LogP contribution in [-0.2, 0) is 0 Å². The van der Waals surface area contributed by atoms with Crippen molar-refractivity contribution in [1.82, 2.24) is 5.32 Å². The third-order valence-electron chi connectivity index (χ3n) is 2.85. The van der Waals surface area contributed by atoms with E-state index in [1.165, 1.54) is 6.07 Å². The van der Waals surface area contributed by atoms with Crippen molar-refractivity contribution in [2.24, 2.45) is 5.73 Å². The van der Waals surface area contributed by atoms with Gasteiger partial charge in [-0.25, -0.2) is 0 Å². The molecule has 15 heavy (non-hydrogen) atoms. The zero-order valence-corrected chi connectivity index (χ0v) is 8.48. The quantitative estimate of drug-likeness (QED) is 0.516. The van der Waals surface area contributed by atoms with Crippen LogP contribution in [0.25, 0.3) is 0 Å². The fraction of sp³-hybridized carbons (Fsp3) is 0.455. The van der Waals surface area contributed by atoms with Gasteiger partial charge in [0.2, 0.25) is 0 Å². The van der Waals surface area contributed by atoms with Crippen LogP contribution in [0.15, 0.2) is 18.2 Å². The lowest BCUT2D eigenvalue weighted by Crippen LogP contribution is -2.38. The molecule has 2 rings (SSSR count). The number of hydrogen-bond donors (Lipinski definition) is 4. The van der Waals surface area contributed by atoms with Crippen LogP contribution in [0.5, 0.6) is 11.5 Å². The Labute approximate surface area is 88.7 Å². The van der Waals surface area contributed by atoms with E-state index in [1.54, 1.807) is 6.07 Å². The molecule has 1 aliphatic heterocycles. The summed E-state index contributed by atoms with van der Waals surface area (Å²) in [5.74, 6) is -0.160. The molecule has 4 nitrogen and oxygen atoms in total. The molecule has 1 aromatic carbocycles. The Bertz CT molecular complexity index is 354. The molecule has 0 radical (unpaired) electrons. The second-order valence-electron chi connectivity index (χ2n) is 4.04. The molecule has 1 fully saturated rings. The number of piperidine rings is 1. The van der Waals surface area contributed by atoms with Crippen molar-refractivity contribution < 1.29 is 10.2 Å². The molecule has 1 aromatic rings. The van der Waals surface area contributed by atoms with Crippen molar-refractivity contribution in [1.29, 1.82) is 0 Å². The second-order valence-corrected chi connectivity index (χ2v) is 4.04. The van der Waals surface area contributed by atoms with Gasteiger partial charge in [-0.3, -0.25) is 0 Å². The van der Waals surface area contributed by atoms with Crippen LogP contribution in [0.1, 0.15) is 24.4 Å². The minimum atomic E-state index is -0.0844. The molecule has 0 saturated carbocycles. The molecule has 0 aromatic heterocycles. The highest BCUT2D eigenvalue weighted by molar-refractivity contribution is 5.41. The van der Waals surface area contributed by atoms with Crippen LogP contribution in [-0.4, -0.2) is 22.8 Å². The van der Waals surface area contributed by atoms with Gasteiger partial charge in [-0.05, 0) is 37.1 Å². The van der Waals surface area contributed by atoms with Gasteiger partial charge >= 0.3 is 0 Å². The number of phenols is 2. The molecule has 1 aliphatic rings. The van der Waals surface area contributed by atoms with Crippen LogP contribution < -0.4 is 11.1 Å². The molecule has 0 aliphatic carbocycles. The second kappa shape index (κ2) is 4.08. The molecule has 0 amide bonds. The average Bonchev–Trinajstić information content (AvgIpc) is 2.22. The van der Waals surface area contributed by atoms with Gasteiger partial charge in [0.05, 0.1) is 0 Å². The SMILES string of the molecule is NC1CCNC(c2ccc(O)c(O)c2)C1. The predicted octanol–water partition coefficient (Wildman–Crippen LogP) is 0.850. The molecule has 0 spiro atoms. The summed E-state index contributed by atoms with van der Waals surface area (Å²) in [6, 6.07) is 5.30. The molecule has 82 valence electrons. The van der Waals surface area contributed by atoms with E-state index >= 15 is 0 Å². The standard InChI is InChI=1S/C11H16N2O2/c12-8-3-4-13-9(6-8)7-1-2-10(14)11(15)5-7/h1-2,5,8-9,13-15H,3-4,6,12H2. The van der Waals surface area contributed by atoms with Crippen molar-refractivity contribution in [2.45, 2.75) is 24.9 Å². The Morgan fingerprint density at radius 1 is 1.27 bits per heavy atom. The van der Waals surface area contributed by atoms with Gasteiger partial charge in [-0.15, -0.1) is 0 Å². The number of nitrogens with one attached hydrogen (secondary N) is 1. The van der Waals surface area contributed by atoms with Crippen LogP contribution in [0.3, 0.4) is 0 Å². The molecular weight excluding hydrogens is 192 g/mol. The van der Waals surface area contributed by atoms with E-state index in [4.69, 9.17) is 5.73 Å². The van der Waals surface area contributed by atoms with Gasteiger partial charge in [0.1, 0.15) is 0 Å². The summed E-state index contributed by atoms with van der Waals surface area (Å²) in [5.41, 5.74) is 6.85. The largest absolute Gasteiger partial charge is 0.504 e. The zero-order chi connectivity index (χ0) is 10.8. The van der Waals surface area contributed by atoms with Gasteiger partial charge in [0.15, 0.2) is 11.5 Å². The maximum absolute atomic E-state index is 9.39. The van der Waals surface area contributed by atoms with Crippen LogP contribution in [0, 0.1) is 0 Å². The number of benzene rings is 1. The van der Waals surface area contributed by atoms with E-state index in [9.17, 15) is 10.2 Å². The minimum Gasteiger partial charge on any atom is -0.504 e. The highest BCUT2D eigenvalue weighted by Gasteiger charge is 2.20. The molecule has 1 heterocycles. The smallest absolute Gasteiger partial charge is 0.157 e. The molecule has 1 saturated heterocycles. The summed E-state index contributed by atoms with van der Waals surface area (Å²) in [6.45, 7) is 0.896. The topological polar surface area (TPSA) is 78.5 Å². The van der Waals surface area contributed by atoms with Crippen molar-refractivity contribution >= 4 is 0 Å². The van der Waals surface area contributed by atoms with E-state index in [2.05, 4.69) is 5.32 Å². The Morgan fingerprint density at radius 2 is 2.07 bits per heavy atom. The van der Waals surface area contributed by atoms with Crippen molar-refractivity contribution in [3.8, 4) is 11.5 Å². The normalized spacial score (nSPS) is 26.5. The van der Waals surface area contributed by atoms with Crippen molar-refractivity contribution in [3.05, 3.63) is 23.8 Å². The Hall–Kier alpha value is -1.26.